The minimum Gasteiger partial charge on any atom is -0.493 e. The molecule has 1 aliphatic heterocycles. The van der Waals surface area contributed by atoms with Crippen LogP contribution >= 0.6 is 125 Å². The summed E-state index contributed by atoms with van der Waals surface area (Å²) in [6.45, 7) is 12.5. The van der Waals surface area contributed by atoms with E-state index in [0.717, 1.165) is 147 Å². The number of nitrogens with one attached hydrogen (secondary N) is 6. The molecule has 21 rings (SSSR count). The number of anilines is 5. The van der Waals surface area contributed by atoms with Crippen molar-refractivity contribution in [3.8, 4) is 11.5 Å². The van der Waals surface area contributed by atoms with Crippen molar-refractivity contribution in [2.75, 3.05) is 53.9 Å². The molecule has 123 heavy (non-hydrogen) atoms. The van der Waals surface area contributed by atoms with Gasteiger partial charge in [-0.05, 0) is 205 Å². The molecular weight excluding hydrogens is 1790 g/mol. The Kier molecular flexibility index (Phi) is 24.2. The van der Waals surface area contributed by atoms with E-state index in [9.17, 15) is 28.2 Å². The van der Waals surface area contributed by atoms with Gasteiger partial charge in [0, 0.05) is 45.5 Å². The summed E-state index contributed by atoms with van der Waals surface area (Å²) in [6.07, 6.45) is 0.902. The van der Waals surface area contributed by atoms with Crippen LogP contribution in [0.3, 0.4) is 0 Å². The van der Waals surface area contributed by atoms with Gasteiger partial charge in [-0.15, -0.1) is 45.3 Å². The van der Waals surface area contributed by atoms with Crippen LogP contribution in [0.25, 0.3) is 102 Å². The number of aromatic nitrogens is 10. The van der Waals surface area contributed by atoms with Gasteiger partial charge in [-0.25, -0.2) is 53.4 Å². The first-order valence-electron chi connectivity index (χ1n) is 37.6. The van der Waals surface area contributed by atoms with E-state index in [4.69, 9.17) is 21.1 Å². The molecule has 0 radical (unpaired) electrons. The molecule has 24 nitrogen and oxygen atoms in total. The van der Waals surface area contributed by atoms with Gasteiger partial charge in [0.2, 0.25) is 10.5 Å². The second-order valence-corrected chi connectivity index (χ2v) is 41.5. The van der Waals surface area contributed by atoms with Crippen molar-refractivity contribution < 1.29 is 42.6 Å². The van der Waals surface area contributed by atoms with Gasteiger partial charge in [0.1, 0.15) is 43.0 Å². The number of benzene rings is 10. The number of halogens is 1. The number of H-pyrrole nitrogens is 1. The van der Waals surface area contributed by atoms with Crippen LogP contribution in [0.15, 0.2) is 186 Å². The summed E-state index contributed by atoms with van der Waals surface area (Å²) in [5.41, 5.74) is 19.3. The lowest BCUT2D eigenvalue weighted by Crippen LogP contribution is -2.22. The second-order valence-electron chi connectivity index (χ2n) is 28.1. The summed E-state index contributed by atoms with van der Waals surface area (Å²) in [5, 5.41) is 20.9. The van der Waals surface area contributed by atoms with Gasteiger partial charge in [-0.2, -0.15) is 4.98 Å². The van der Waals surface area contributed by atoms with Gasteiger partial charge in [0.25, 0.3) is 29.5 Å². The van der Waals surface area contributed by atoms with Gasteiger partial charge in [0.05, 0.1) is 103 Å². The molecule has 5 amide bonds. The summed E-state index contributed by atoms with van der Waals surface area (Å²) >= 11 is 21.5. The topological polar surface area (TPSA) is 314 Å². The lowest BCUT2D eigenvalue weighted by atomic mass is 10.1. The van der Waals surface area contributed by atoms with Crippen molar-refractivity contribution in [1.29, 1.82) is 0 Å². The molecular formula is C87H68ClN16O8S11+. The van der Waals surface area contributed by atoms with Crippen LogP contribution in [0.5, 0.6) is 11.5 Å². The molecule has 10 aromatic carbocycles. The van der Waals surface area contributed by atoms with Crippen LogP contribution in [-0.4, -0.2) is 116 Å². The molecule has 10 aromatic heterocycles. The maximum Gasteiger partial charge on any atom is 0.264 e. The number of fused-ring (bicyclic) bond motifs is 16. The van der Waals surface area contributed by atoms with Gasteiger partial charge in [-0.3, -0.25) is 50.6 Å². The highest BCUT2D eigenvalue weighted by Crippen LogP contribution is 2.41. The SMILES string of the molecule is C=S(=O)(c1ccc(C(=O)Nc2nc3ccc4sc(C)nc4c3s2)cc1)N(C)C.Cc1cc(Cl)cc(C(=O)Nc2nc3ccc4scnc4c3s2)c1.Cc1ccc(OCC(=O)Nc2nc3ccc4sc(C)nc4c3s2)cc1.Cc1cccc(C(=O)Nc2nc3ccc4sc(C)[nH+]c4c3s2)c1.O=C(Nc1nc2ccc3scnc3c2s1)c1ccc2c(c1)OCC2. The van der Waals surface area contributed by atoms with Crippen molar-refractivity contribution in [1.82, 2.24) is 49.2 Å². The molecule has 0 fully saturated rings. The van der Waals surface area contributed by atoms with E-state index in [1.165, 1.54) is 61.4 Å². The Morgan fingerprint density at radius 3 is 1.46 bits per heavy atom. The summed E-state index contributed by atoms with van der Waals surface area (Å²) in [6, 6.07) is 52.5. The molecule has 1 atom stereocenters. The normalized spacial score (nSPS) is 12.2. The molecule has 0 saturated heterocycles. The molecule has 1 unspecified atom stereocenters. The molecule has 6 N–H and O–H groups in total. The molecule has 11 heterocycles. The molecule has 0 bridgehead atoms. The summed E-state index contributed by atoms with van der Waals surface area (Å²) in [4.78, 5) is 106. The van der Waals surface area contributed by atoms with Gasteiger partial charge in [0.15, 0.2) is 32.3 Å². The average molecular weight is 1850 g/mol. The molecule has 616 valence electrons. The fraction of sp³-hybridized carbons (Fsp3) is 0.126. The van der Waals surface area contributed by atoms with E-state index in [1.807, 2.05) is 167 Å². The number of carbonyl (C=O) groups excluding carboxylic acids is 5. The Balaban J connectivity index is 0.000000109. The fourth-order valence-electron chi connectivity index (χ4n) is 13.0. The van der Waals surface area contributed by atoms with E-state index in [2.05, 4.69) is 95.3 Å². The number of nitrogens with zero attached hydrogens (tertiary/aromatic N) is 10. The van der Waals surface area contributed by atoms with Crippen molar-refractivity contribution >= 4 is 298 Å². The minimum absolute atomic E-state index is 0.0514. The lowest BCUT2D eigenvalue weighted by Gasteiger charge is -2.16. The molecule has 0 aliphatic carbocycles. The Morgan fingerprint density at radius 1 is 0.463 bits per heavy atom. The van der Waals surface area contributed by atoms with Crippen LogP contribution in [0.4, 0.5) is 25.7 Å². The Bertz CT molecular complexity index is 7630. The number of aryl methyl sites for hydroxylation is 6. The average Bonchev–Trinajstić information content (AvgIpc) is 1.65. The third kappa shape index (κ3) is 18.7. The monoisotopic (exact) mass is 1850 g/mol. The highest BCUT2D eigenvalue weighted by Gasteiger charge is 2.23. The van der Waals surface area contributed by atoms with E-state index in [1.54, 1.807) is 118 Å². The van der Waals surface area contributed by atoms with Crippen molar-refractivity contribution in [2.45, 2.75) is 52.9 Å². The maximum absolute atomic E-state index is 12.6. The van der Waals surface area contributed by atoms with Crippen LogP contribution < -0.4 is 41.0 Å². The summed E-state index contributed by atoms with van der Waals surface area (Å²) in [5.74, 6) is 4.22. The zero-order chi connectivity index (χ0) is 85.5. The van der Waals surface area contributed by atoms with E-state index in [0.29, 0.717) is 70.2 Å². The predicted octanol–water partition coefficient (Wildman–Crippen LogP) is 22.0. The molecule has 1 aliphatic rings. The zero-order valence-corrected chi connectivity index (χ0v) is 76.0. The van der Waals surface area contributed by atoms with Crippen LogP contribution in [0.2, 0.25) is 5.02 Å². The highest BCUT2D eigenvalue weighted by atomic mass is 35.5. The first kappa shape index (κ1) is 83.6. The standard InChI is InChI=1S/C19H18N4O2S3.C18H15N3O2S2.C17H11N3O2S2.C17H13N3OS2.C16H10ClN3OS2/c1-11-20-16-15(26-11)10-9-14-17(16)27-19(21-14)22-18(24)12-5-7-13(8-6-12)28(4,25)23(2)3;1-10-3-5-12(6-4-10)23-9-15(22)21-18-20-13-7-8-14-16(17(13)25-18)19-11(2)24-14;21-16(10-2-1-9-5-6-22-12(9)7-10)20-17-19-11-3-4-13-14(15(11)24-17)18-8-23-13;1-9-4-3-5-11(8-9)16(21)20-17-19-12-6-7-13-14(15(12)23-17)18-10(2)22-13;1-8-4-9(6-10(17)5-8)15(21)20-16-19-11-2-3-12-13(14(11)23-16)18-7-22-12/h5-10H,4H2,1-3H3,(H,21,22,24);3-8H,9H2,1-2H3,(H,20,21,22);1-4,7-8H,5-6H2,(H,19,20,21);3-8H,1-2H3,(H,19,20,21);2-7H,1H3,(H,19,20,21)/p+1. The number of thiazole rings is 10. The quantitative estimate of drug-likeness (QED) is 0.0632. The third-order valence-electron chi connectivity index (χ3n) is 19.0. The Hall–Kier alpha value is -11.7. The van der Waals surface area contributed by atoms with Crippen LogP contribution in [-0.2, 0) is 20.9 Å². The molecule has 36 heteroatoms. The van der Waals surface area contributed by atoms with Gasteiger partial charge in [-0.1, -0.05) is 121 Å². The van der Waals surface area contributed by atoms with Gasteiger partial charge >= 0.3 is 0 Å². The van der Waals surface area contributed by atoms with E-state index in [-0.39, 0.29) is 36.1 Å². The highest BCUT2D eigenvalue weighted by molar-refractivity contribution is 7.98. The third-order valence-corrected chi connectivity index (χ3v) is 30.8. The fourth-order valence-corrected chi connectivity index (χ4v) is 23.3. The molecule has 0 saturated carbocycles. The number of hydrogen-bond donors (Lipinski definition) is 5. The molecule has 20 aromatic rings. The lowest BCUT2D eigenvalue weighted by molar-refractivity contribution is -0.346. The number of rotatable bonds is 14. The predicted molar refractivity (Wildman–Crippen MR) is 511 cm³/mol. The van der Waals surface area contributed by atoms with Crippen LogP contribution in [0, 0.1) is 41.5 Å². The van der Waals surface area contributed by atoms with Crippen LogP contribution in [0.1, 0.15) is 78.7 Å². The summed E-state index contributed by atoms with van der Waals surface area (Å²) in [7, 11) is 0.895. The minimum atomic E-state index is -2.53. The van der Waals surface area contributed by atoms with E-state index >= 15 is 0 Å². The Morgan fingerprint density at radius 2 is 0.927 bits per heavy atom. The van der Waals surface area contributed by atoms with E-state index < -0.39 is 9.71 Å². The number of ether oxygens (including phenoxy) is 2. The first-order valence-corrected chi connectivity index (χ1v) is 48.0. The maximum atomic E-state index is 12.6. The smallest absolute Gasteiger partial charge is 0.264 e. The number of hydrogen-bond acceptors (Lipinski definition) is 27. The van der Waals surface area contributed by atoms with Crippen molar-refractivity contribution in [3.05, 3.63) is 245 Å². The number of aromatic amines is 1. The zero-order valence-electron chi connectivity index (χ0n) is 66.3. The number of amides is 5. The first-order chi connectivity index (χ1) is 59.3. The van der Waals surface area contributed by atoms with Crippen molar-refractivity contribution in [2.24, 2.45) is 0 Å². The second kappa shape index (κ2) is 35.6. The molecule has 0 spiro atoms. The van der Waals surface area contributed by atoms with Crippen molar-refractivity contribution in [3.63, 3.8) is 0 Å². The number of carbonyl (C=O) groups is 5. The summed E-state index contributed by atoms with van der Waals surface area (Å²) < 4.78 is 35.9. The Labute approximate surface area is 746 Å². The van der Waals surface area contributed by atoms with Gasteiger partial charge < -0.3 is 9.47 Å². The largest absolute Gasteiger partial charge is 0.493 e.